The van der Waals surface area contributed by atoms with E-state index < -0.39 is 5.82 Å². The lowest BCUT2D eigenvalue weighted by Crippen LogP contribution is -2.00. The molecule has 1 heterocycles. The normalized spacial score (nSPS) is 10.1. The average Bonchev–Trinajstić information content (AvgIpc) is 2.70. The van der Waals surface area contributed by atoms with Crippen LogP contribution < -0.4 is 0 Å². The van der Waals surface area contributed by atoms with Crippen LogP contribution in [0.3, 0.4) is 0 Å². The molecule has 2 rings (SSSR count). The van der Waals surface area contributed by atoms with Gasteiger partial charge in [-0.2, -0.15) is 5.10 Å². The second-order valence-electron chi connectivity index (χ2n) is 3.22. The summed E-state index contributed by atoms with van der Waals surface area (Å²) >= 11 is 3.18. The third kappa shape index (κ3) is 2.12. The summed E-state index contributed by atoms with van der Waals surface area (Å²) in [6.45, 7) is 7.32. The summed E-state index contributed by atoms with van der Waals surface area (Å²) in [7, 11) is 0. The van der Waals surface area contributed by atoms with Crippen molar-refractivity contribution in [2.24, 2.45) is 0 Å². The molecule has 0 aliphatic carbocycles. The van der Waals surface area contributed by atoms with E-state index in [0.29, 0.717) is 11.0 Å². The summed E-state index contributed by atoms with van der Waals surface area (Å²) in [5, 5.41) is 4.03. The Labute approximate surface area is 100 Å². The third-order valence-electron chi connectivity index (χ3n) is 2.09. The lowest BCUT2D eigenvalue weighted by atomic mass is 10.2. The first-order valence-corrected chi connectivity index (χ1v) is 5.33. The van der Waals surface area contributed by atoms with Gasteiger partial charge in [0.15, 0.2) is 0 Å². The predicted molar refractivity (Wildman–Crippen MR) is 61.7 cm³/mol. The number of hydrogen-bond donors (Lipinski definition) is 0. The molecule has 0 aliphatic heterocycles. The Bertz CT molecular complexity index is 520. The third-order valence-corrected chi connectivity index (χ3v) is 2.70. The number of halogens is 2. The molecule has 16 heavy (non-hydrogen) atoms. The highest BCUT2D eigenvalue weighted by atomic mass is 79.9. The smallest absolute Gasteiger partial charge is 0.235 e. The second-order valence-corrected chi connectivity index (χ2v) is 4.08. The van der Waals surface area contributed by atoms with Crippen molar-refractivity contribution in [3.63, 3.8) is 0 Å². The lowest BCUT2D eigenvalue weighted by Gasteiger charge is -2.05. The molecule has 0 amide bonds. The summed E-state index contributed by atoms with van der Waals surface area (Å²) in [4.78, 5) is 3.11. The van der Waals surface area contributed by atoms with Crippen LogP contribution >= 0.6 is 15.9 Å². The molecule has 1 aromatic heterocycles. The number of aromatic nitrogens is 2. The van der Waals surface area contributed by atoms with Gasteiger partial charge in [0, 0.05) is 16.9 Å². The van der Waals surface area contributed by atoms with E-state index in [1.54, 1.807) is 29.2 Å². The zero-order valence-electron chi connectivity index (χ0n) is 8.19. The first kappa shape index (κ1) is 10.8. The van der Waals surface area contributed by atoms with Gasteiger partial charge in [-0.3, -0.25) is 4.68 Å². The molecule has 0 N–H and O–H groups in total. The highest BCUT2D eigenvalue weighted by Crippen LogP contribution is 2.30. The minimum Gasteiger partial charge on any atom is -0.268 e. The molecule has 1 aromatic carbocycles. The first-order valence-electron chi connectivity index (χ1n) is 4.53. The molecular weight excluding hydrogens is 273 g/mol. The summed E-state index contributed by atoms with van der Waals surface area (Å²) in [5.41, 5.74) is 0.782. The van der Waals surface area contributed by atoms with Crippen molar-refractivity contribution >= 4 is 21.6 Å². The fraction of sp³-hybridized carbons (Fsp3) is 0.0909. The molecule has 2 aromatic rings. The van der Waals surface area contributed by atoms with Crippen LogP contribution in [0.2, 0.25) is 0 Å². The molecule has 0 atom stereocenters. The van der Waals surface area contributed by atoms with Gasteiger partial charge in [-0.25, -0.2) is 9.24 Å². The van der Waals surface area contributed by atoms with Crippen LogP contribution in [0.1, 0.15) is 5.56 Å². The number of nitrogens with zero attached hydrogens (tertiary/aromatic N) is 3. The molecule has 0 saturated heterocycles. The molecule has 0 fully saturated rings. The molecule has 0 radical (unpaired) electrons. The van der Waals surface area contributed by atoms with Crippen molar-refractivity contribution in [2.75, 3.05) is 0 Å². The van der Waals surface area contributed by atoms with E-state index in [0.717, 1.165) is 5.56 Å². The van der Waals surface area contributed by atoms with E-state index in [4.69, 9.17) is 6.57 Å². The Morgan fingerprint density at radius 1 is 1.50 bits per heavy atom. The quantitative estimate of drug-likeness (QED) is 0.773. The molecule has 0 spiro atoms. The zero-order chi connectivity index (χ0) is 11.5. The second kappa shape index (κ2) is 4.45. The molecule has 3 nitrogen and oxygen atoms in total. The standard InChI is InChI=1S/C11H7BrFN3/c1-14-11-9(12)5-8(6-10(11)13)7-16-4-2-3-15-16/h2-6H,7H2. The zero-order valence-corrected chi connectivity index (χ0v) is 9.78. The molecule has 0 aliphatic rings. The first-order chi connectivity index (χ1) is 7.70. The molecule has 0 bridgehead atoms. The highest BCUT2D eigenvalue weighted by molar-refractivity contribution is 9.10. The van der Waals surface area contributed by atoms with E-state index in [1.807, 2.05) is 0 Å². The van der Waals surface area contributed by atoms with Crippen molar-refractivity contribution in [3.05, 3.63) is 57.9 Å². The maximum Gasteiger partial charge on any atom is 0.235 e. The van der Waals surface area contributed by atoms with Gasteiger partial charge in [-0.15, -0.1) is 0 Å². The van der Waals surface area contributed by atoms with Crippen molar-refractivity contribution in [3.8, 4) is 0 Å². The van der Waals surface area contributed by atoms with Crippen LogP contribution in [-0.2, 0) is 6.54 Å². The van der Waals surface area contributed by atoms with Gasteiger partial charge < -0.3 is 0 Å². The topological polar surface area (TPSA) is 22.2 Å². The predicted octanol–water partition coefficient (Wildman–Crippen LogP) is 3.38. The summed E-state index contributed by atoms with van der Waals surface area (Å²) in [6, 6.07) is 4.90. The van der Waals surface area contributed by atoms with Crippen molar-refractivity contribution in [1.82, 2.24) is 9.78 Å². The Hall–Kier alpha value is -1.67. The van der Waals surface area contributed by atoms with Gasteiger partial charge in [-0.05, 0) is 17.7 Å². The molecule has 0 saturated carbocycles. The number of hydrogen-bond acceptors (Lipinski definition) is 1. The monoisotopic (exact) mass is 279 g/mol. The summed E-state index contributed by atoms with van der Waals surface area (Å²) in [6.07, 6.45) is 3.47. The van der Waals surface area contributed by atoms with Crippen LogP contribution in [0.25, 0.3) is 4.85 Å². The van der Waals surface area contributed by atoms with Crippen LogP contribution in [-0.4, -0.2) is 9.78 Å². The van der Waals surface area contributed by atoms with Gasteiger partial charge in [0.25, 0.3) is 0 Å². The van der Waals surface area contributed by atoms with Crippen LogP contribution in [0.15, 0.2) is 35.1 Å². The SMILES string of the molecule is [C-]#[N+]c1c(F)cc(Cn2cccn2)cc1Br. The average molecular weight is 280 g/mol. The molecule has 0 unspecified atom stereocenters. The van der Waals surface area contributed by atoms with Crippen LogP contribution in [0.4, 0.5) is 10.1 Å². The van der Waals surface area contributed by atoms with Crippen LogP contribution in [0.5, 0.6) is 0 Å². The minimum atomic E-state index is -0.508. The summed E-state index contributed by atoms with van der Waals surface area (Å²) in [5.74, 6) is -0.508. The number of benzene rings is 1. The lowest BCUT2D eigenvalue weighted by molar-refractivity contribution is 0.624. The van der Waals surface area contributed by atoms with Gasteiger partial charge >= 0.3 is 0 Å². The van der Waals surface area contributed by atoms with Gasteiger partial charge in [0.05, 0.1) is 13.1 Å². The van der Waals surface area contributed by atoms with E-state index in [2.05, 4.69) is 25.9 Å². The van der Waals surface area contributed by atoms with Crippen LogP contribution in [0, 0.1) is 12.4 Å². The minimum absolute atomic E-state index is 0.0178. The van der Waals surface area contributed by atoms with E-state index in [9.17, 15) is 4.39 Å². The maximum absolute atomic E-state index is 13.5. The highest BCUT2D eigenvalue weighted by Gasteiger charge is 2.09. The molecular formula is C11H7BrFN3. The fourth-order valence-corrected chi connectivity index (χ4v) is 1.97. The Morgan fingerprint density at radius 2 is 2.31 bits per heavy atom. The Kier molecular flexibility index (Phi) is 3.02. The van der Waals surface area contributed by atoms with E-state index in [-0.39, 0.29) is 5.69 Å². The van der Waals surface area contributed by atoms with Crippen molar-refractivity contribution < 1.29 is 4.39 Å². The Morgan fingerprint density at radius 3 is 2.88 bits per heavy atom. The summed E-state index contributed by atoms with van der Waals surface area (Å²) < 4.78 is 15.6. The van der Waals surface area contributed by atoms with Crippen molar-refractivity contribution in [2.45, 2.75) is 6.54 Å². The number of rotatable bonds is 2. The molecule has 5 heteroatoms. The van der Waals surface area contributed by atoms with E-state index >= 15 is 0 Å². The fourth-order valence-electron chi connectivity index (χ4n) is 1.40. The van der Waals surface area contributed by atoms with E-state index in [1.165, 1.54) is 6.07 Å². The van der Waals surface area contributed by atoms with Gasteiger partial charge in [0.1, 0.15) is 5.82 Å². The molecule has 80 valence electrons. The van der Waals surface area contributed by atoms with Crippen molar-refractivity contribution in [1.29, 1.82) is 0 Å². The maximum atomic E-state index is 13.5. The Balaban J connectivity index is 2.34. The largest absolute Gasteiger partial charge is 0.268 e. The van der Waals surface area contributed by atoms with Gasteiger partial charge in [-0.1, -0.05) is 22.0 Å². The van der Waals surface area contributed by atoms with Gasteiger partial charge in [0.2, 0.25) is 5.69 Å².